The van der Waals surface area contributed by atoms with Gasteiger partial charge in [0.2, 0.25) is 0 Å². The van der Waals surface area contributed by atoms with Crippen LogP contribution >= 0.6 is 35.4 Å². The van der Waals surface area contributed by atoms with E-state index >= 15 is 0 Å². The Labute approximate surface area is 162 Å². The van der Waals surface area contributed by atoms with Gasteiger partial charge in [0.1, 0.15) is 0 Å². The van der Waals surface area contributed by atoms with Crippen molar-refractivity contribution < 1.29 is 14.5 Å². The Morgan fingerprint density at radius 2 is 1.77 bits per heavy atom. The molecule has 0 aliphatic rings. The molecule has 0 saturated heterocycles. The van der Waals surface area contributed by atoms with Crippen molar-refractivity contribution in [2.75, 3.05) is 0 Å². The van der Waals surface area contributed by atoms with Gasteiger partial charge in [0, 0.05) is 22.7 Å². The molecule has 8 nitrogen and oxygen atoms in total. The van der Waals surface area contributed by atoms with E-state index in [1.165, 1.54) is 36.4 Å². The second-order valence-electron chi connectivity index (χ2n) is 4.79. The number of carbonyl (C=O) groups is 2. The van der Waals surface area contributed by atoms with E-state index < -0.39 is 16.7 Å². The van der Waals surface area contributed by atoms with Crippen LogP contribution in [0, 0.1) is 10.1 Å². The highest BCUT2D eigenvalue weighted by Crippen LogP contribution is 2.20. The number of carbonyl (C=O) groups excluding carboxylic acids is 2. The maximum absolute atomic E-state index is 12.0. The van der Waals surface area contributed by atoms with Crippen LogP contribution in [0.3, 0.4) is 0 Å². The second-order valence-corrected chi connectivity index (χ2v) is 6.05. The fourth-order valence-electron chi connectivity index (χ4n) is 1.82. The molecule has 3 N–H and O–H groups in total. The van der Waals surface area contributed by atoms with Crippen LogP contribution < -0.4 is 16.2 Å². The van der Waals surface area contributed by atoms with Crippen LogP contribution in [0.1, 0.15) is 20.7 Å². The normalized spacial score (nSPS) is 9.92. The molecule has 11 heteroatoms. The zero-order valence-electron chi connectivity index (χ0n) is 12.8. The topological polar surface area (TPSA) is 113 Å². The molecule has 134 valence electrons. The molecule has 0 fully saturated rings. The summed E-state index contributed by atoms with van der Waals surface area (Å²) in [6, 6.07) is 9.43. The molecular formula is C15H10Cl2N4O4S. The predicted octanol–water partition coefficient (Wildman–Crippen LogP) is 2.85. The van der Waals surface area contributed by atoms with Crippen molar-refractivity contribution >= 4 is 58.0 Å². The molecule has 0 atom stereocenters. The Morgan fingerprint density at radius 3 is 2.42 bits per heavy atom. The SMILES string of the molecule is O=C(NC(=S)NNC(=O)c1ccc(Cl)cc1Cl)c1cccc([N+](=O)[O-])c1. The van der Waals surface area contributed by atoms with Crippen molar-refractivity contribution in [1.82, 2.24) is 16.2 Å². The Morgan fingerprint density at radius 1 is 1.04 bits per heavy atom. The number of rotatable bonds is 3. The highest BCUT2D eigenvalue weighted by Gasteiger charge is 2.14. The standard InChI is InChI=1S/C15H10Cl2N4O4S/c16-9-4-5-11(12(17)7-9)14(23)19-20-15(26)18-13(22)8-2-1-3-10(6-8)21(24)25/h1-7H,(H,19,23)(H2,18,20,22,26). The van der Waals surface area contributed by atoms with Gasteiger partial charge < -0.3 is 0 Å². The number of hydrazine groups is 1. The number of benzene rings is 2. The summed E-state index contributed by atoms with van der Waals surface area (Å²) in [6.45, 7) is 0. The molecule has 26 heavy (non-hydrogen) atoms. The fraction of sp³-hybridized carbons (Fsp3) is 0. The fourth-order valence-corrected chi connectivity index (χ4v) is 2.46. The van der Waals surface area contributed by atoms with E-state index in [0.29, 0.717) is 5.02 Å². The van der Waals surface area contributed by atoms with Crippen molar-refractivity contribution in [2.24, 2.45) is 0 Å². The molecule has 0 aliphatic carbocycles. The number of halogens is 2. The number of nitrogens with one attached hydrogen (secondary N) is 3. The Bertz CT molecular complexity index is 907. The molecule has 0 radical (unpaired) electrons. The lowest BCUT2D eigenvalue weighted by atomic mass is 10.2. The van der Waals surface area contributed by atoms with Crippen molar-refractivity contribution in [3.8, 4) is 0 Å². The number of nitro benzene ring substituents is 1. The number of hydrogen-bond acceptors (Lipinski definition) is 5. The van der Waals surface area contributed by atoms with Crippen LogP contribution in [0.4, 0.5) is 5.69 Å². The first kappa shape index (κ1) is 19.6. The summed E-state index contributed by atoms with van der Waals surface area (Å²) in [5.74, 6) is -1.27. The summed E-state index contributed by atoms with van der Waals surface area (Å²) in [6.07, 6.45) is 0. The minimum atomic E-state index is -0.676. The molecule has 2 rings (SSSR count). The number of nitro groups is 1. The summed E-state index contributed by atoms with van der Waals surface area (Å²) >= 11 is 16.6. The van der Waals surface area contributed by atoms with Gasteiger partial charge >= 0.3 is 0 Å². The van der Waals surface area contributed by atoms with Gasteiger partial charge in [0.15, 0.2) is 5.11 Å². The zero-order chi connectivity index (χ0) is 19.3. The highest BCUT2D eigenvalue weighted by molar-refractivity contribution is 7.80. The minimum Gasteiger partial charge on any atom is -0.298 e. The van der Waals surface area contributed by atoms with Gasteiger partial charge in [0.25, 0.3) is 17.5 Å². The van der Waals surface area contributed by atoms with Crippen molar-refractivity contribution in [2.45, 2.75) is 0 Å². The van der Waals surface area contributed by atoms with E-state index in [0.717, 1.165) is 6.07 Å². The maximum Gasteiger partial charge on any atom is 0.271 e. The van der Waals surface area contributed by atoms with E-state index in [1.54, 1.807) is 0 Å². The summed E-state index contributed by atoms with van der Waals surface area (Å²) in [4.78, 5) is 34.1. The first-order chi connectivity index (χ1) is 12.3. The second kappa shape index (κ2) is 8.56. The van der Waals surface area contributed by atoms with Crippen molar-refractivity contribution in [1.29, 1.82) is 0 Å². The van der Waals surface area contributed by atoms with Crippen molar-refractivity contribution in [3.05, 3.63) is 73.8 Å². The number of nitrogens with zero attached hydrogens (tertiary/aromatic N) is 1. The maximum atomic E-state index is 12.0. The molecule has 2 aromatic rings. The number of hydrogen-bond donors (Lipinski definition) is 3. The first-order valence-corrected chi connectivity index (χ1v) is 8.05. The molecule has 0 aliphatic heterocycles. The lowest BCUT2D eigenvalue weighted by Crippen LogP contribution is -2.48. The average Bonchev–Trinajstić information content (AvgIpc) is 2.59. The third-order valence-electron chi connectivity index (χ3n) is 3.01. The van der Waals surface area contributed by atoms with E-state index in [-0.39, 0.29) is 26.9 Å². The van der Waals surface area contributed by atoms with Gasteiger partial charge in [-0.2, -0.15) is 0 Å². The molecule has 2 amide bonds. The van der Waals surface area contributed by atoms with Crippen LogP contribution in [0.15, 0.2) is 42.5 Å². The van der Waals surface area contributed by atoms with Crippen LogP contribution in [0.5, 0.6) is 0 Å². The molecule has 0 heterocycles. The van der Waals surface area contributed by atoms with Crippen LogP contribution in [0.2, 0.25) is 10.0 Å². The van der Waals surface area contributed by atoms with Gasteiger partial charge in [-0.3, -0.25) is 35.9 Å². The molecule has 0 aromatic heterocycles. The average molecular weight is 413 g/mol. The quantitative estimate of drug-likeness (QED) is 0.405. The summed E-state index contributed by atoms with van der Waals surface area (Å²) in [5.41, 5.74) is 4.55. The Hall–Kier alpha value is -2.75. The van der Waals surface area contributed by atoms with Gasteiger partial charge in [0.05, 0.1) is 15.5 Å². The Balaban J connectivity index is 1.94. The van der Waals surface area contributed by atoms with E-state index in [4.69, 9.17) is 35.4 Å². The van der Waals surface area contributed by atoms with E-state index in [2.05, 4.69) is 16.2 Å². The number of thiocarbonyl (C=S) groups is 1. The van der Waals surface area contributed by atoms with E-state index in [1.807, 2.05) is 0 Å². The van der Waals surface area contributed by atoms with Gasteiger partial charge in [-0.15, -0.1) is 0 Å². The van der Waals surface area contributed by atoms with Gasteiger partial charge in [-0.05, 0) is 36.5 Å². The zero-order valence-corrected chi connectivity index (χ0v) is 15.1. The molecule has 2 aromatic carbocycles. The first-order valence-electron chi connectivity index (χ1n) is 6.89. The van der Waals surface area contributed by atoms with Crippen molar-refractivity contribution in [3.63, 3.8) is 0 Å². The summed E-state index contributed by atoms with van der Waals surface area (Å²) in [5, 5.41) is 13.3. The minimum absolute atomic E-state index is 0.0374. The van der Waals surface area contributed by atoms with Gasteiger partial charge in [-0.1, -0.05) is 29.3 Å². The Kier molecular flexibility index (Phi) is 6.45. The summed E-state index contributed by atoms with van der Waals surface area (Å²) < 4.78 is 0. The van der Waals surface area contributed by atoms with Crippen LogP contribution in [0.25, 0.3) is 0 Å². The third-order valence-corrected chi connectivity index (χ3v) is 3.76. The van der Waals surface area contributed by atoms with Crippen LogP contribution in [-0.2, 0) is 0 Å². The summed E-state index contributed by atoms with van der Waals surface area (Å²) in [7, 11) is 0. The number of non-ortho nitro benzene ring substituents is 1. The smallest absolute Gasteiger partial charge is 0.271 e. The van der Waals surface area contributed by atoms with Crippen LogP contribution in [-0.4, -0.2) is 21.9 Å². The lowest BCUT2D eigenvalue weighted by Gasteiger charge is -2.11. The predicted molar refractivity (Wildman–Crippen MR) is 100 cm³/mol. The molecular weight excluding hydrogens is 403 g/mol. The molecule has 0 spiro atoms. The third kappa shape index (κ3) is 5.12. The molecule has 0 bridgehead atoms. The largest absolute Gasteiger partial charge is 0.298 e. The monoisotopic (exact) mass is 412 g/mol. The molecule has 0 saturated carbocycles. The highest BCUT2D eigenvalue weighted by atomic mass is 35.5. The van der Waals surface area contributed by atoms with Gasteiger partial charge in [-0.25, -0.2) is 0 Å². The van der Waals surface area contributed by atoms with E-state index in [9.17, 15) is 19.7 Å². The number of amides is 2. The lowest BCUT2D eigenvalue weighted by molar-refractivity contribution is -0.384. The molecule has 0 unspecified atom stereocenters.